The maximum absolute atomic E-state index is 13.4. The third-order valence-corrected chi connectivity index (χ3v) is 6.16. The van der Waals surface area contributed by atoms with Gasteiger partial charge in [0.05, 0.1) is 17.6 Å². The van der Waals surface area contributed by atoms with Crippen LogP contribution in [-0.2, 0) is 28.9 Å². The molecule has 0 bridgehead atoms. The molecular weight excluding hydrogens is 436 g/mol. The number of carbonyl (C=O) groups is 2. The minimum Gasteiger partial charge on any atom is -0.508 e. The first kappa shape index (κ1) is 24.1. The van der Waals surface area contributed by atoms with Gasteiger partial charge in [-0.15, -0.1) is 11.3 Å². The molecule has 0 aliphatic rings. The van der Waals surface area contributed by atoms with Crippen molar-refractivity contribution >= 4 is 29.0 Å². The van der Waals surface area contributed by atoms with Crippen molar-refractivity contribution < 1.29 is 14.7 Å². The average Bonchev–Trinajstić information content (AvgIpc) is 3.28. The molecule has 0 saturated carbocycles. The molecule has 0 aliphatic carbocycles. The van der Waals surface area contributed by atoms with Crippen LogP contribution >= 0.6 is 11.3 Å². The lowest BCUT2D eigenvalue weighted by molar-refractivity contribution is -0.134. The zero-order valence-electron chi connectivity index (χ0n) is 18.7. The number of hydrogen-bond donors (Lipinski definition) is 4. The van der Waals surface area contributed by atoms with E-state index in [1.165, 1.54) is 18.3 Å². The fraction of sp³-hybridized carbons (Fsp3) is 0.280. The molecule has 0 fully saturated rings. The Balaban J connectivity index is 1.86. The number of rotatable bonds is 9. The number of aryl methyl sites for hydroxylation is 1. The Hall–Kier alpha value is -3.52. The predicted molar refractivity (Wildman–Crippen MR) is 129 cm³/mol. The van der Waals surface area contributed by atoms with E-state index in [9.17, 15) is 14.7 Å². The highest BCUT2D eigenvalue weighted by Crippen LogP contribution is 2.24. The van der Waals surface area contributed by atoms with E-state index in [1.807, 2.05) is 42.6 Å². The molecule has 0 saturated heterocycles. The van der Waals surface area contributed by atoms with Crippen molar-refractivity contribution in [2.24, 2.45) is 5.92 Å². The number of aromatic nitrogens is 1. The molecule has 2 atom stereocenters. The van der Waals surface area contributed by atoms with Crippen molar-refractivity contribution in [2.45, 2.75) is 39.2 Å². The molecule has 0 radical (unpaired) electrons. The van der Waals surface area contributed by atoms with Crippen molar-refractivity contribution in [1.29, 1.82) is 5.41 Å². The van der Waals surface area contributed by atoms with Crippen LogP contribution in [0.3, 0.4) is 0 Å². The van der Waals surface area contributed by atoms with Gasteiger partial charge in [-0.1, -0.05) is 49.4 Å². The number of amides is 2. The number of thiazole rings is 1. The molecule has 0 spiro atoms. The van der Waals surface area contributed by atoms with Crippen LogP contribution < -0.4 is 10.6 Å². The van der Waals surface area contributed by atoms with Crippen LogP contribution in [0.5, 0.6) is 5.75 Å². The van der Waals surface area contributed by atoms with Gasteiger partial charge in [-0.25, -0.2) is 4.98 Å². The zero-order chi connectivity index (χ0) is 23.8. The Bertz CT molecular complexity index is 1100. The number of benzene rings is 2. The quantitative estimate of drug-likeness (QED) is 0.219. The van der Waals surface area contributed by atoms with Crippen LogP contribution in [0.4, 0.5) is 0 Å². The number of hydrogen-bond acceptors (Lipinski definition) is 6. The van der Waals surface area contributed by atoms with E-state index in [-0.39, 0.29) is 18.0 Å². The second kappa shape index (κ2) is 11.4. The number of carbonyl (C=O) groups excluding carboxylic acids is 2. The maximum atomic E-state index is 13.4. The smallest absolute Gasteiger partial charge is 0.238 e. The third kappa shape index (κ3) is 6.98. The SMILES string of the molecule is CCc1csc([C@H](Cc2ccc(O)cc2)NC(=O)C(Cc2ccccc2)C(=O)NC(C)=N)n1. The van der Waals surface area contributed by atoms with Gasteiger partial charge >= 0.3 is 0 Å². The molecule has 3 aromatic rings. The maximum Gasteiger partial charge on any atom is 0.238 e. The number of aromatic hydroxyl groups is 1. The molecule has 172 valence electrons. The van der Waals surface area contributed by atoms with Crippen LogP contribution in [0, 0.1) is 11.3 Å². The van der Waals surface area contributed by atoms with Gasteiger partial charge in [0.15, 0.2) is 0 Å². The summed E-state index contributed by atoms with van der Waals surface area (Å²) in [5.41, 5.74) is 2.72. The van der Waals surface area contributed by atoms with Gasteiger partial charge in [0.1, 0.15) is 16.7 Å². The van der Waals surface area contributed by atoms with Crippen molar-refractivity contribution in [3.8, 4) is 5.75 Å². The van der Waals surface area contributed by atoms with Crippen molar-refractivity contribution in [1.82, 2.24) is 15.6 Å². The summed E-state index contributed by atoms with van der Waals surface area (Å²) in [5.74, 6) is -1.78. The molecule has 8 heteroatoms. The number of phenolic OH excluding ortho intramolecular Hbond substituents is 1. The van der Waals surface area contributed by atoms with Crippen molar-refractivity contribution in [3.05, 3.63) is 81.8 Å². The molecule has 0 aliphatic heterocycles. The molecule has 3 rings (SSSR count). The normalized spacial score (nSPS) is 12.5. The van der Waals surface area contributed by atoms with Crippen LogP contribution in [0.25, 0.3) is 0 Å². The molecule has 1 heterocycles. The second-order valence-corrected chi connectivity index (χ2v) is 8.71. The Labute approximate surface area is 197 Å². The Morgan fingerprint density at radius 2 is 1.70 bits per heavy atom. The van der Waals surface area contributed by atoms with E-state index in [1.54, 1.807) is 24.3 Å². The molecule has 33 heavy (non-hydrogen) atoms. The standard InChI is InChI=1S/C25H28N4O3S/c1-3-19-15-33-25(28-19)22(14-18-9-11-20(30)12-10-18)29-24(32)21(23(31)27-16(2)26)13-17-7-5-4-6-8-17/h4-12,15,21-22,30H,3,13-14H2,1-2H3,(H,29,32)(H2,26,27,31)/t21?,22-/m0/s1. The Morgan fingerprint density at radius 1 is 1.03 bits per heavy atom. The van der Waals surface area contributed by atoms with Gasteiger partial charge in [0, 0.05) is 5.38 Å². The summed E-state index contributed by atoms with van der Waals surface area (Å²) in [6, 6.07) is 15.7. The fourth-order valence-corrected chi connectivity index (χ4v) is 4.36. The van der Waals surface area contributed by atoms with E-state index < -0.39 is 23.8 Å². The number of amidine groups is 1. The molecule has 1 unspecified atom stereocenters. The summed E-state index contributed by atoms with van der Waals surface area (Å²) < 4.78 is 0. The summed E-state index contributed by atoms with van der Waals surface area (Å²) in [4.78, 5) is 30.8. The minimum atomic E-state index is -0.999. The third-order valence-electron chi connectivity index (χ3n) is 5.15. The molecule has 7 nitrogen and oxygen atoms in total. The van der Waals surface area contributed by atoms with Gasteiger partial charge in [-0.05, 0) is 49.4 Å². The molecule has 1 aromatic heterocycles. The van der Waals surface area contributed by atoms with Gasteiger partial charge in [0.25, 0.3) is 0 Å². The number of nitrogens with one attached hydrogen (secondary N) is 3. The number of nitrogens with zero attached hydrogens (tertiary/aromatic N) is 1. The minimum absolute atomic E-state index is 0.0148. The van der Waals surface area contributed by atoms with Crippen LogP contribution in [0.2, 0.25) is 0 Å². The lowest BCUT2D eigenvalue weighted by Gasteiger charge is -2.21. The van der Waals surface area contributed by atoms with Crippen molar-refractivity contribution in [3.63, 3.8) is 0 Å². The van der Waals surface area contributed by atoms with Gasteiger partial charge in [-0.2, -0.15) is 0 Å². The Kier molecular flexibility index (Phi) is 8.32. The van der Waals surface area contributed by atoms with Gasteiger partial charge in [0.2, 0.25) is 11.8 Å². The van der Waals surface area contributed by atoms with Crippen molar-refractivity contribution in [2.75, 3.05) is 0 Å². The summed E-state index contributed by atoms with van der Waals surface area (Å²) in [7, 11) is 0. The lowest BCUT2D eigenvalue weighted by atomic mass is 9.96. The summed E-state index contributed by atoms with van der Waals surface area (Å²) in [5, 5.41) is 25.4. The highest BCUT2D eigenvalue weighted by Gasteiger charge is 2.30. The fourth-order valence-electron chi connectivity index (χ4n) is 3.41. The zero-order valence-corrected chi connectivity index (χ0v) is 19.5. The van der Waals surface area contributed by atoms with E-state index in [4.69, 9.17) is 5.41 Å². The number of phenols is 1. The first-order valence-electron chi connectivity index (χ1n) is 10.8. The monoisotopic (exact) mass is 464 g/mol. The highest BCUT2D eigenvalue weighted by atomic mass is 32.1. The lowest BCUT2D eigenvalue weighted by Crippen LogP contribution is -2.45. The van der Waals surface area contributed by atoms with Gasteiger partial charge < -0.3 is 15.7 Å². The highest BCUT2D eigenvalue weighted by molar-refractivity contribution is 7.09. The van der Waals surface area contributed by atoms with E-state index >= 15 is 0 Å². The second-order valence-electron chi connectivity index (χ2n) is 7.82. The Morgan fingerprint density at radius 3 is 2.30 bits per heavy atom. The molecule has 4 N–H and O–H groups in total. The molecule has 2 amide bonds. The van der Waals surface area contributed by atoms with E-state index in [0.717, 1.165) is 28.2 Å². The van der Waals surface area contributed by atoms with E-state index in [2.05, 4.69) is 15.6 Å². The van der Waals surface area contributed by atoms with Crippen LogP contribution in [0.15, 0.2) is 60.0 Å². The summed E-state index contributed by atoms with van der Waals surface area (Å²) >= 11 is 1.47. The van der Waals surface area contributed by atoms with Crippen LogP contribution in [0.1, 0.15) is 41.7 Å². The van der Waals surface area contributed by atoms with Crippen LogP contribution in [-0.4, -0.2) is 27.7 Å². The average molecular weight is 465 g/mol. The molecule has 2 aromatic carbocycles. The molecular formula is C25H28N4O3S. The topological polar surface area (TPSA) is 115 Å². The largest absolute Gasteiger partial charge is 0.508 e. The van der Waals surface area contributed by atoms with Gasteiger partial charge in [-0.3, -0.25) is 15.0 Å². The first-order valence-corrected chi connectivity index (χ1v) is 11.7. The summed E-state index contributed by atoms with van der Waals surface area (Å²) in [6.45, 7) is 3.48. The summed E-state index contributed by atoms with van der Waals surface area (Å²) in [6.07, 6.45) is 1.47. The predicted octanol–water partition coefficient (Wildman–Crippen LogP) is 3.78. The van der Waals surface area contributed by atoms with E-state index in [0.29, 0.717) is 6.42 Å². The first-order chi connectivity index (χ1) is 15.9.